The van der Waals surface area contributed by atoms with Crippen LogP contribution in [0.25, 0.3) is 0 Å². The Morgan fingerprint density at radius 2 is 2.12 bits per heavy atom. The lowest BCUT2D eigenvalue weighted by Crippen LogP contribution is -2.42. The van der Waals surface area contributed by atoms with E-state index in [1.54, 1.807) is 6.07 Å². The number of amides is 1. The Kier molecular flexibility index (Phi) is 2.27. The number of fused-ring (bicyclic) bond motifs is 1. The summed E-state index contributed by atoms with van der Waals surface area (Å²) in [4.78, 5) is 26.6. The maximum Gasteiger partial charge on any atom is 0.288 e. The molecule has 84 valence electrons. The molecule has 0 fully saturated rings. The second kappa shape index (κ2) is 3.38. The number of nitrogens with zero attached hydrogens (tertiary/aromatic N) is 2. The van der Waals surface area contributed by atoms with E-state index in [0.29, 0.717) is 15.9 Å². The van der Waals surface area contributed by atoms with E-state index in [4.69, 9.17) is 0 Å². The lowest BCUT2D eigenvalue weighted by Gasteiger charge is -2.29. The van der Waals surface area contributed by atoms with Crippen LogP contribution in [-0.4, -0.2) is 42.8 Å². The molecule has 1 aromatic rings. The quantitative estimate of drug-likeness (QED) is 0.586. The van der Waals surface area contributed by atoms with E-state index in [0.717, 1.165) is 11.8 Å². The van der Waals surface area contributed by atoms with Gasteiger partial charge in [0.25, 0.3) is 5.91 Å². The molecule has 0 aromatic carbocycles. The molecule has 0 radical (unpaired) electrons. The van der Waals surface area contributed by atoms with Crippen LogP contribution in [0, 0.1) is 0 Å². The molecule has 1 amide bonds. The first-order chi connectivity index (χ1) is 7.43. The van der Waals surface area contributed by atoms with Crippen molar-refractivity contribution in [2.75, 3.05) is 26.5 Å². The summed E-state index contributed by atoms with van der Waals surface area (Å²) < 4.78 is 0.475. The van der Waals surface area contributed by atoms with Crippen LogP contribution in [0.2, 0.25) is 0 Å². The van der Waals surface area contributed by atoms with Gasteiger partial charge in [-0.2, -0.15) is 0 Å². The molecule has 0 saturated heterocycles. The maximum absolute atomic E-state index is 11.8. The second-order valence-electron chi connectivity index (χ2n) is 4.83. The highest BCUT2D eigenvalue weighted by molar-refractivity contribution is 6.01. The van der Waals surface area contributed by atoms with Crippen molar-refractivity contribution >= 4 is 18.0 Å². The van der Waals surface area contributed by atoms with Gasteiger partial charge in [0.1, 0.15) is 5.82 Å². The zero-order valence-electron chi connectivity index (χ0n) is 9.52. The van der Waals surface area contributed by atoms with Crippen molar-refractivity contribution in [3.63, 3.8) is 0 Å². The molecule has 2 rings (SSSR count). The molecular formula is C11H14N3O2+. The van der Waals surface area contributed by atoms with Crippen molar-refractivity contribution in [2.24, 2.45) is 0 Å². The van der Waals surface area contributed by atoms with Crippen LogP contribution in [0.5, 0.6) is 0 Å². The number of aldehydes is 1. The van der Waals surface area contributed by atoms with Crippen LogP contribution >= 0.6 is 0 Å². The SMILES string of the molecule is C[N+](C)(C)C1C(=O)Nc2ncc(C=O)cc21. The lowest BCUT2D eigenvalue weighted by atomic mass is 10.1. The van der Waals surface area contributed by atoms with Crippen molar-refractivity contribution in [1.29, 1.82) is 0 Å². The number of likely N-dealkylation sites (N-methyl/N-ethyl adjacent to an activating group) is 1. The third-order valence-electron chi connectivity index (χ3n) is 2.63. The molecule has 1 unspecified atom stereocenters. The lowest BCUT2D eigenvalue weighted by molar-refractivity contribution is -0.891. The van der Waals surface area contributed by atoms with Crippen LogP contribution in [-0.2, 0) is 4.79 Å². The minimum atomic E-state index is -0.303. The van der Waals surface area contributed by atoms with Crippen LogP contribution in [0.4, 0.5) is 5.82 Å². The first-order valence-electron chi connectivity index (χ1n) is 5.00. The van der Waals surface area contributed by atoms with E-state index in [1.165, 1.54) is 6.20 Å². The van der Waals surface area contributed by atoms with Gasteiger partial charge in [-0.25, -0.2) is 4.98 Å². The van der Waals surface area contributed by atoms with Gasteiger partial charge in [0.2, 0.25) is 0 Å². The highest BCUT2D eigenvalue weighted by atomic mass is 16.2. The molecule has 0 spiro atoms. The highest BCUT2D eigenvalue weighted by Gasteiger charge is 2.41. The third-order valence-corrected chi connectivity index (χ3v) is 2.63. The number of rotatable bonds is 2. The number of nitrogens with one attached hydrogen (secondary N) is 1. The van der Waals surface area contributed by atoms with Gasteiger partial charge < -0.3 is 9.80 Å². The topological polar surface area (TPSA) is 59.1 Å². The minimum Gasteiger partial charge on any atom is -0.317 e. The second-order valence-corrected chi connectivity index (χ2v) is 4.83. The summed E-state index contributed by atoms with van der Waals surface area (Å²) in [5.74, 6) is 0.492. The molecule has 1 atom stereocenters. The standard InChI is InChI=1S/C11H13N3O2/c1-14(2,3)9-8-4-7(6-15)5-12-10(8)13-11(9)16/h4-6,9H,1-3H3/p+1. The number of hydrogen-bond acceptors (Lipinski definition) is 3. The van der Waals surface area contributed by atoms with Gasteiger partial charge in [-0.1, -0.05) is 0 Å². The number of quaternary nitrogens is 1. The molecule has 1 N–H and O–H groups in total. The zero-order valence-corrected chi connectivity index (χ0v) is 9.52. The van der Waals surface area contributed by atoms with E-state index in [1.807, 2.05) is 21.1 Å². The van der Waals surface area contributed by atoms with E-state index in [-0.39, 0.29) is 11.9 Å². The highest BCUT2D eigenvalue weighted by Crippen LogP contribution is 2.35. The summed E-state index contributed by atoms with van der Waals surface area (Å²) in [6.07, 6.45) is 2.20. The molecule has 1 aliphatic rings. The van der Waals surface area contributed by atoms with Gasteiger partial charge in [0.05, 0.1) is 26.7 Å². The fourth-order valence-corrected chi connectivity index (χ4v) is 1.97. The number of carbonyl (C=O) groups excluding carboxylic acids is 2. The predicted molar refractivity (Wildman–Crippen MR) is 59.0 cm³/mol. The number of anilines is 1. The Balaban J connectivity index is 2.54. The Morgan fingerprint density at radius 1 is 1.44 bits per heavy atom. The summed E-state index contributed by atoms with van der Waals surface area (Å²) in [5.41, 5.74) is 1.29. The average molecular weight is 220 g/mol. The van der Waals surface area contributed by atoms with Crippen molar-refractivity contribution in [3.8, 4) is 0 Å². The van der Waals surface area contributed by atoms with Crippen LogP contribution in [0.15, 0.2) is 12.3 Å². The molecule has 0 bridgehead atoms. The molecule has 0 saturated carbocycles. The zero-order chi connectivity index (χ0) is 11.9. The van der Waals surface area contributed by atoms with Crippen LogP contribution in [0.1, 0.15) is 22.0 Å². The number of hydrogen-bond donors (Lipinski definition) is 1. The smallest absolute Gasteiger partial charge is 0.288 e. The predicted octanol–water partition coefficient (Wildman–Crippen LogP) is 0.593. The van der Waals surface area contributed by atoms with Crippen LogP contribution < -0.4 is 5.32 Å². The maximum atomic E-state index is 11.8. The van der Waals surface area contributed by atoms with Gasteiger partial charge in [-0.05, 0) is 6.07 Å². The largest absolute Gasteiger partial charge is 0.317 e. The Morgan fingerprint density at radius 3 is 2.69 bits per heavy atom. The van der Waals surface area contributed by atoms with Gasteiger partial charge in [0.15, 0.2) is 12.3 Å². The summed E-state index contributed by atoms with van der Waals surface area (Å²) in [6, 6.07) is 1.42. The average Bonchev–Trinajstić information content (AvgIpc) is 2.51. The Bertz CT molecular complexity index is 463. The fourth-order valence-electron chi connectivity index (χ4n) is 1.97. The molecule has 16 heavy (non-hydrogen) atoms. The first kappa shape index (κ1) is 10.8. The Hall–Kier alpha value is -1.75. The molecule has 2 heterocycles. The van der Waals surface area contributed by atoms with E-state index < -0.39 is 0 Å². The van der Waals surface area contributed by atoms with Crippen molar-refractivity contribution in [2.45, 2.75) is 6.04 Å². The van der Waals surface area contributed by atoms with Gasteiger partial charge in [-0.15, -0.1) is 0 Å². The first-order valence-corrected chi connectivity index (χ1v) is 5.00. The summed E-state index contributed by atoms with van der Waals surface area (Å²) >= 11 is 0. The molecule has 1 aromatic heterocycles. The van der Waals surface area contributed by atoms with Crippen LogP contribution in [0.3, 0.4) is 0 Å². The van der Waals surface area contributed by atoms with E-state index in [2.05, 4.69) is 10.3 Å². The summed E-state index contributed by atoms with van der Waals surface area (Å²) in [5, 5.41) is 2.72. The molecule has 1 aliphatic heterocycles. The van der Waals surface area contributed by atoms with Gasteiger partial charge in [-0.3, -0.25) is 9.59 Å². The Labute approximate surface area is 93.7 Å². The van der Waals surface area contributed by atoms with Gasteiger partial charge in [0, 0.05) is 11.8 Å². The number of pyridine rings is 1. The van der Waals surface area contributed by atoms with Gasteiger partial charge >= 0.3 is 0 Å². The monoisotopic (exact) mass is 220 g/mol. The molecule has 5 nitrogen and oxygen atoms in total. The molecule has 5 heteroatoms. The van der Waals surface area contributed by atoms with Crippen molar-refractivity contribution in [3.05, 3.63) is 23.4 Å². The third kappa shape index (κ3) is 1.59. The summed E-state index contributed by atoms with van der Waals surface area (Å²) in [7, 11) is 5.81. The van der Waals surface area contributed by atoms with E-state index >= 15 is 0 Å². The number of aromatic nitrogens is 1. The van der Waals surface area contributed by atoms with Crippen molar-refractivity contribution in [1.82, 2.24) is 4.98 Å². The molecular weight excluding hydrogens is 206 g/mol. The normalized spacial score (nSPS) is 19.2. The number of carbonyl (C=O) groups is 2. The van der Waals surface area contributed by atoms with Crippen molar-refractivity contribution < 1.29 is 14.1 Å². The summed E-state index contributed by atoms with van der Waals surface area (Å²) in [6.45, 7) is 0. The molecule has 0 aliphatic carbocycles. The minimum absolute atomic E-state index is 0.0713. The fraction of sp³-hybridized carbons (Fsp3) is 0.364. The van der Waals surface area contributed by atoms with E-state index in [9.17, 15) is 9.59 Å².